The smallest absolute Gasteiger partial charge is 0.241 e. The molecule has 21 heavy (non-hydrogen) atoms. The Labute approximate surface area is 128 Å². The maximum Gasteiger partial charge on any atom is 0.241 e. The van der Waals surface area contributed by atoms with Crippen molar-refractivity contribution in [3.05, 3.63) is 23.3 Å². The number of hydrogen-bond acceptors (Lipinski definition) is 4. The first-order valence-electron chi connectivity index (χ1n) is 7.31. The van der Waals surface area contributed by atoms with Crippen LogP contribution in [0.4, 0.5) is 5.69 Å². The van der Waals surface area contributed by atoms with Gasteiger partial charge in [0.1, 0.15) is 0 Å². The summed E-state index contributed by atoms with van der Waals surface area (Å²) in [5, 5.41) is 0. The molecule has 1 aromatic rings. The molecule has 0 aromatic heterocycles. The topological polar surface area (TPSA) is 84.2 Å². The van der Waals surface area contributed by atoms with Gasteiger partial charge < -0.3 is 5.43 Å². The highest BCUT2D eigenvalue weighted by Crippen LogP contribution is 2.24. The minimum atomic E-state index is -3.52. The maximum atomic E-state index is 12.6. The van der Waals surface area contributed by atoms with Crippen molar-refractivity contribution in [1.29, 1.82) is 0 Å². The van der Waals surface area contributed by atoms with Gasteiger partial charge in [0, 0.05) is 11.7 Å². The van der Waals surface area contributed by atoms with E-state index in [2.05, 4.69) is 24.0 Å². The van der Waals surface area contributed by atoms with E-state index in [0.717, 1.165) is 12.8 Å². The normalized spacial score (nSPS) is 14.8. The number of nitrogen functional groups attached to an aromatic ring is 1. The summed E-state index contributed by atoms with van der Waals surface area (Å²) in [7, 11) is -3.52. The largest absolute Gasteiger partial charge is 0.324 e. The predicted molar refractivity (Wildman–Crippen MR) is 87.6 cm³/mol. The molecule has 2 unspecified atom stereocenters. The van der Waals surface area contributed by atoms with Crippen molar-refractivity contribution in [3.63, 3.8) is 0 Å². The van der Waals surface area contributed by atoms with Crippen molar-refractivity contribution < 1.29 is 8.42 Å². The molecule has 0 saturated heterocycles. The Balaban J connectivity index is 3.03. The van der Waals surface area contributed by atoms with Crippen LogP contribution in [-0.2, 0) is 10.0 Å². The Kier molecular flexibility index (Phi) is 6.19. The van der Waals surface area contributed by atoms with Crippen LogP contribution in [0, 0.1) is 19.8 Å². The third-order valence-corrected chi connectivity index (χ3v) is 5.60. The summed E-state index contributed by atoms with van der Waals surface area (Å²) >= 11 is 0. The Bertz CT molecular complexity index is 562. The number of nitrogens with one attached hydrogen (secondary N) is 2. The summed E-state index contributed by atoms with van der Waals surface area (Å²) in [6.07, 6.45) is 1.87. The van der Waals surface area contributed by atoms with Gasteiger partial charge in [-0.2, -0.15) is 0 Å². The van der Waals surface area contributed by atoms with E-state index in [1.807, 2.05) is 6.92 Å². The molecule has 1 aromatic carbocycles. The lowest BCUT2D eigenvalue weighted by atomic mass is 10.0. The van der Waals surface area contributed by atoms with Crippen molar-refractivity contribution in [2.75, 3.05) is 5.43 Å². The second kappa shape index (κ2) is 7.24. The number of hydrazine groups is 1. The van der Waals surface area contributed by atoms with E-state index in [-0.39, 0.29) is 6.04 Å². The fourth-order valence-electron chi connectivity index (χ4n) is 2.60. The first kappa shape index (κ1) is 17.9. The zero-order valence-corrected chi connectivity index (χ0v) is 14.3. The number of nitrogens with two attached hydrogens (primary N) is 1. The lowest BCUT2D eigenvalue weighted by molar-refractivity contribution is 0.445. The Morgan fingerprint density at radius 1 is 1.19 bits per heavy atom. The number of rotatable bonds is 7. The van der Waals surface area contributed by atoms with Crippen molar-refractivity contribution in [2.45, 2.75) is 58.4 Å². The Morgan fingerprint density at radius 2 is 1.71 bits per heavy atom. The molecule has 0 radical (unpaired) electrons. The minimum absolute atomic E-state index is 0.0870. The van der Waals surface area contributed by atoms with Gasteiger partial charge in [-0.25, -0.2) is 13.1 Å². The number of benzene rings is 1. The molecule has 0 aliphatic rings. The number of anilines is 1. The van der Waals surface area contributed by atoms with Crippen molar-refractivity contribution in [3.8, 4) is 0 Å². The van der Waals surface area contributed by atoms with Gasteiger partial charge in [-0.15, -0.1) is 0 Å². The molecule has 0 spiro atoms. The standard InChI is InChI=1S/C15H27N3O2S/c1-6-10(2)7-13(5)18-21(19,20)15-11(3)8-14(17-16)9-12(15)4/h8-10,13,17-18H,6-7,16H2,1-5H3. The van der Waals surface area contributed by atoms with Gasteiger partial charge in [0.15, 0.2) is 0 Å². The van der Waals surface area contributed by atoms with Gasteiger partial charge in [-0.3, -0.25) is 5.84 Å². The predicted octanol–water partition coefficient (Wildman–Crippen LogP) is 2.69. The zero-order valence-electron chi connectivity index (χ0n) is 13.5. The van der Waals surface area contributed by atoms with Gasteiger partial charge in [0.05, 0.1) is 4.90 Å². The van der Waals surface area contributed by atoms with E-state index in [9.17, 15) is 8.42 Å². The maximum absolute atomic E-state index is 12.6. The summed E-state index contributed by atoms with van der Waals surface area (Å²) in [5.74, 6) is 5.88. The number of aryl methyl sites for hydroxylation is 2. The van der Waals surface area contributed by atoms with E-state index in [1.54, 1.807) is 26.0 Å². The summed E-state index contributed by atoms with van der Waals surface area (Å²) in [5.41, 5.74) is 4.62. The average Bonchev–Trinajstić information content (AvgIpc) is 2.36. The third kappa shape index (κ3) is 4.69. The first-order chi connectivity index (χ1) is 9.71. The molecule has 1 rings (SSSR count). The Morgan fingerprint density at radius 3 is 2.14 bits per heavy atom. The van der Waals surface area contributed by atoms with Crippen molar-refractivity contribution >= 4 is 15.7 Å². The SMILES string of the molecule is CCC(C)CC(C)NS(=O)(=O)c1c(C)cc(NN)cc1C. The van der Waals surface area contributed by atoms with E-state index in [4.69, 9.17) is 5.84 Å². The van der Waals surface area contributed by atoms with Crippen LogP contribution in [0.25, 0.3) is 0 Å². The van der Waals surface area contributed by atoms with Gasteiger partial charge in [-0.1, -0.05) is 20.3 Å². The van der Waals surface area contributed by atoms with Gasteiger partial charge in [0.25, 0.3) is 0 Å². The molecule has 5 nitrogen and oxygen atoms in total. The fraction of sp³-hybridized carbons (Fsp3) is 0.600. The molecule has 0 aliphatic carbocycles. The summed E-state index contributed by atoms with van der Waals surface area (Å²) in [4.78, 5) is 0.345. The highest BCUT2D eigenvalue weighted by atomic mass is 32.2. The molecule has 0 saturated carbocycles. The third-order valence-electron chi connectivity index (χ3n) is 3.70. The quantitative estimate of drug-likeness (QED) is 0.534. The van der Waals surface area contributed by atoms with Crippen LogP contribution in [0.15, 0.2) is 17.0 Å². The second-order valence-electron chi connectivity index (χ2n) is 5.85. The van der Waals surface area contributed by atoms with Crippen LogP contribution in [0.5, 0.6) is 0 Å². The molecule has 0 bridgehead atoms. The van der Waals surface area contributed by atoms with Crippen LogP contribution >= 0.6 is 0 Å². The first-order valence-corrected chi connectivity index (χ1v) is 8.79. The summed E-state index contributed by atoms with van der Waals surface area (Å²) in [6, 6.07) is 3.39. The second-order valence-corrected chi connectivity index (χ2v) is 7.51. The molecular formula is C15H27N3O2S. The lowest BCUT2D eigenvalue weighted by Crippen LogP contribution is -2.34. The van der Waals surface area contributed by atoms with Crippen LogP contribution in [0.1, 0.15) is 44.7 Å². The Hall–Kier alpha value is -1.11. The lowest BCUT2D eigenvalue weighted by Gasteiger charge is -2.20. The molecule has 0 heterocycles. The van der Waals surface area contributed by atoms with Crippen LogP contribution < -0.4 is 16.0 Å². The fourth-order valence-corrected chi connectivity index (χ4v) is 4.31. The number of hydrogen-bond donors (Lipinski definition) is 3. The van der Waals surface area contributed by atoms with Crippen molar-refractivity contribution in [2.24, 2.45) is 11.8 Å². The molecule has 120 valence electrons. The highest BCUT2D eigenvalue weighted by molar-refractivity contribution is 7.89. The molecule has 0 amide bonds. The molecule has 0 fully saturated rings. The van der Waals surface area contributed by atoms with E-state index in [1.165, 1.54) is 0 Å². The summed E-state index contributed by atoms with van der Waals surface area (Å²) < 4.78 is 28.0. The monoisotopic (exact) mass is 313 g/mol. The van der Waals surface area contributed by atoms with Crippen LogP contribution in [-0.4, -0.2) is 14.5 Å². The van der Waals surface area contributed by atoms with Crippen molar-refractivity contribution in [1.82, 2.24) is 4.72 Å². The van der Waals surface area contributed by atoms with Gasteiger partial charge in [0.2, 0.25) is 10.0 Å². The van der Waals surface area contributed by atoms with Gasteiger partial charge >= 0.3 is 0 Å². The molecule has 0 aliphatic heterocycles. The molecule has 4 N–H and O–H groups in total. The zero-order chi connectivity index (χ0) is 16.2. The van der Waals surface area contributed by atoms with Gasteiger partial charge in [-0.05, 0) is 56.4 Å². The van der Waals surface area contributed by atoms with E-state index >= 15 is 0 Å². The van der Waals surface area contributed by atoms with Crippen LogP contribution in [0.3, 0.4) is 0 Å². The highest BCUT2D eigenvalue weighted by Gasteiger charge is 2.22. The van der Waals surface area contributed by atoms with Crippen LogP contribution in [0.2, 0.25) is 0 Å². The van der Waals surface area contributed by atoms with E-state index < -0.39 is 10.0 Å². The molecular weight excluding hydrogens is 286 g/mol. The molecule has 2 atom stereocenters. The van der Waals surface area contributed by atoms with E-state index in [0.29, 0.717) is 27.6 Å². The summed E-state index contributed by atoms with van der Waals surface area (Å²) in [6.45, 7) is 9.70. The average molecular weight is 313 g/mol. The number of sulfonamides is 1. The molecule has 6 heteroatoms. The minimum Gasteiger partial charge on any atom is -0.324 e.